The Morgan fingerprint density at radius 1 is 1.36 bits per heavy atom. The monoisotopic (exact) mass is 172 g/mol. The lowest BCUT2D eigenvalue weighted by Crippen LogP contribution is -1.97. The summed E-state index contributed by atoms with van der Waals surface area (Å²) in [6.45, 7) is 3.53. The Hall–Kier alpha value is -0.610. The number of aryl methyl sites for hydroxylation is 1. The van der Waals surface area contributed by atoms with E-state index < -0.39 is 6.10 Å². The van der Waals surface area contributed by atoms with Gasteiger partial charge in [0.05, 0.1) is 17.5 Å². The van der Waals surface area contributed by atoms with Crippen molar-refractivity contribution in [2.24, 2.45) is 0 Å². The van der Waals surface area contributed by atoms with Crippen molar-refractivity contribution in [1.29, 1.82) is 0 Å². The van der Waals surface area contributed by atoms with Crippen molar-refractivity contribution in [2.75, 3.05) is 0 Å². The molecule has 1 aromatic heterocycles. The molecule has 11 heavy (non-hydrogen) atoms. The van der Waals surface area contributed by atoms with Gasteiger partial charge in [0.1, 0.15) is 0 Å². The van der Waals surface area contributed by atoms with Crippen LogP contribution in [0.1, 0.15) is 24.4 Å². The summed E-state index contributed by atoms with van der Waals surface area (Å²) in [5, 5.41) is 16.6. The lowest BCUT2D eigenvalue weighted by Gasteiger charge is -2.00. The fourth-order valence-corrected chi connectivity index (χ4v) is 0.632. The van der Waals surface area contributed by atoms with Gasteiger partial charge in [0.15, 0.2) is 0 Å². The van der Waals surface area contributed by atoms with E-state index in [9.17, 15) is 0 Å². The van der Waals surface area contributed by atoms with Gasteiger partial charge in [-0.25, -0.2) is 0 Å². The van der Waals surface area contributed by atoms with Crippen molar-refractivity contribution >= 4 is 13.5 Å². The molecule has 4 heteroatoms. The third-order valence-corrected chi connectivity index (χ3v) is 1.25. The molecular weight excluding hydrogens is 160 g/mol. The zero-order chi connectivity index (χ0) is 7.56. The molecule has 1 heterocycles. The van der Waals surface area contributed by atoms with Crippen LogP contribution in [0.15, 0.2) is 12.1 Å². The third kappa shape index (κ3) is 2.86. The van der Waals surface area contributed by atoms with E-state index in [1.54, 1.807) is 13.0 Å². The Labute approximate surface area is 72.9 Å². The van der Waals surface area contributed by atoms with Gasteiger partial charge in [0.25, 0.3) is 0 Å². The summed E-state index contributed by atoms with van der Waals surface area (Å²) >= 11 is 0. The quantitative estimate of drug-likeness (QED) is 0.686. The van der Waals surface area contributed by atoms with Crippen molar-refractivity contribution in [3.05, 3.63) is 23.5 Å². The molecule has 0 radical (unpaired) electrons. The van der Waals surface area contributed by atoms with Gasteiger partial charge in [-0.1, -0.05) is 0 Å². The highest BCUT2D eigenvalue weighted by molar-refractivity contribution is 7.59. The van der Waals surface area contributed by atoms with Crippen LogP contribution in [0.2, 0.25) is 0 Å². The molecule has 0 fully saturated rings. The predicted octanol–water partition coefficient (Wildman–Crippen LogP) is 0.951. The summed E-state index contributed by atoms with van der Waals surface area (Å²) in [6, 6.07) is 3.60. The molecule has 1 rings (SSSR count). The molecule has 0 amide bonds. The summed E-state index contributed by atoms with van der Waals surface area (Å²) in [5.41, 5.74) is 1.48. The second-order valence-electron chi connectivity index (χ2n) is 2.28. The zero-order valence-electron chi connectivity index (χ0n) is 6.57. The highest BCUT2D eigenvalue weighted by Crippen LogP contribution is 2.05. The molecule has 0 aliphatic heterocycles. The predicted molar refractivity (Wildman–Crippen MR) is 47.8 cm³/mol. The van der Waals surface area contributed by atoms with Gasteiger partial charge in [0.2, 0.25) is 0 Å². The van der Waals surface area contributed by atoms with Crippen molar-refractivity contribution in [3.63, 3.8) is 0 Å². The molecule has 0 saturated heterocycles. The summed E-state index contributed by atoms with van der Waals surface area (Å²) in [7, 11) is 0. The van der Waals surface area contributed by atoms with Gasteiger partial charge in [-0.15, -0.1) is 0 Å². The molecule has 0 unspecified atom stereocenters. The third-order valence-electron chi connectivity index (χ3n) is 1.25. The number of nitrogens with zero attached hydrogens (tertiary/aromatic N) is 2. The van der Waals surface area contributed by atoms with E-state index in [1.165, 1.54) is 0 Å². The normalized spacial score (nSPS) is 11.9. The van der Waals surface area contributed by atoms with Crippen LogP contribution >= 0.6 is 13.5 Å². The van der Waals surface area contributed by atoms with Crippen LogP contribution in [-0.2, 0) is 0 Å². The molecule has 0 aliphatic rings. The Kier molecular flexibility index (Phi) is 4.07. The highest BCUT2D eigenvalue weighted by atomic mass is 32.1. The van der Waals surface area contributed by atoms with E-state index in [2.05, 4.69) is 10.2 Å². The number of rotatable bonds is 1. The number of hydrogen-bond acceptors (Lipinski definition) is 3. The molecule has 62 valence electrons. The molecule has 0 spiro atoms. The average Bonchev–Trinajstić information content (AvgIpc) is 1.88. The second kappa shape index (κ2) is 4.31. The molecule has 3 nitrogen and oxygen atoms in total. The van der Waals surface area contributed by atoms with Crippen LogP contribution in [0.3, 0.4) is 0 Å². The van der Waals surface area contributed by atoms with E-state index in [-0.39, 0.29) is 13.5 Å². The van der Waals surface area contributed by atoms with E-state index in [0.29, 0.717) is 5.69 Å². The van der Waals surface area contributed by atoms with Crippen LogP contribution in [0, 0.1) is 6.92 Å². The van der Waals surface area contributed by atoms with Crippen LogP contribution < -0.4 is 0 Å². The van der Waals surface area contributed by atoms with Gasteiger partial charge in [0, 0.05) is 0 Å². The fraction of sp³-hybridized carbons (Fsp3) is 0.429. The van der Waals surface area contributed by atoms with Gasteiger partial charge in [-0.05, 0) is 26.0 Å². The Bertz CT molecular complexity index is 210. The highest BCUT2D eigenvalue weighted by Gasteiger charge is 2.00. The SMILES string of the molecule is Cc1ccc([C@H](C)O)nn1.S. The van der Waals surface area contributed by atoms with Crippen LogP contribution in [-0.4, -0.2) is 15.3 Å². The van der Waals surface area contributed by atoms with Crippen LogP contribution in [0.4, 0.5) is 0 Å². The maximum absolute atomic E-state index is 9.01. The minimum absolute atomic E-state index is 0. The van der Waals surface area contributed by atoms with Gasteiger partial charge in [-0.2, -0.15) is 23.7 Å². The van der Waals surface area contributed by atoms with Gasteiger partial charge >= 0.3 is 0 Å². The largest absolute Gasteiger partial charge is 0.387 e. The van der Waals surface area contributed by atoms with Gasteiger partial charge < -0.3 is 5.11 Å². The lowest BCUT2D eigenvalue weighted by molar-refractivity contribution is 0.193. The molecule has 0 bridgehead atoms. The Balaban J connectivity index is 0.000001000. The van der Waals surface area contributed by atoms with Crippen LogP contribution in [0.25, 0.3) is 0 Å². The average molecular weight is 172 g/mol. The fourth-order valence-electron chi connectivity index (χ4n) is 0.632. The summed E-state index contributed by atoms with van der Waals surface area (Å²) in [6.07, 6.45) is -0.520. The number of aliphatic hydroxyl groups is 1. The maximum atomic E-state index is 9.01. The summed E-state index contributed by atoms with van der Waals surface area (Å²) in [4.78, 5) is 0. The first-order chi connectivity index (χ1) is 4.70. The van der Waals surface area contributed by atoms with Crippen molar-refractivity contribution in [3.8, 4) is 0 Å². The first-order valence-corrected chi connectivity index (χ1v) is 3.18. The van der Waals surface area contributed by atoms with Crippen molar-refractivity contribution < 1.29 is 5.11 Å². The Morgan fingerprint density at radius 2 is 2.00 bits per heavy atom. The molecule has 0 saturated carbocycles. The topological polar surface area (TPSA) is 46.0 Å². The number of aromatic nitrogens is 2. The van der Waals surface area contributed by atoms with E-state index in [0.717, 1.165) is 5.69 Å². The smallest absolute Gasteiger partial charge is 0.0950 e. The Morgan fingerprint density at radius 3 is 2.36 bits per heavy atom. The lowest BCUT2D eigenvalue weighted by atomic mass is 10.2. The molecule has 0 aliphatic carbocycles. The number of aliphatic hydroxyl groups excluding tert-OH is 1. The van der Waals surface area contributed by atoms with Crippen LogP contribution in [0.5, 0.6) is 0 Å². The van der Waals surface area contributed by atoms with E-state index >= 15 is 0 Å². The molecule has 1 aromatic rings. The first-order valence-electron chi connectivity index (χ1n) is 3.18. The summed E-state index contributed by atoms with van der Waals surface area (Å²) in [5.74, 6) is 0. The standard InChI is InChI=1S/C7H10N2O.H2S/c1-5-3-4-7(6(2)10)9-8-5;/h3-4,6,10H,1-2H3;1H2/t6-;/m0./s1. The molecule has 0 aromatic carbocycles. The van der Waals surface area contributed by atoms with Gasteiger partial charge in [-0.3, -0.25) is 0 Å². The first kappa shape index (κ1) is 10.4. The minimum atomic E-state index is -0.520. The van der Waals surface area contributed by atoms with Crippen molar-refractivity contribution in [1.82, 2.24) is 10.2 Å². The summed E-state index contributed by atoms with van der Waals surface area (Å²) < 4.78 is 0. The van der Waals surface area contributed by atoms with E-state index in [4.69, 9.17) is 5.11 Å². The molecule has 1 N–H and O–H groups in total. The van der Waals surface area contributed by atoms with Crippen molar-refractivity contribution in [2.45, 2.75) is 20.0 Å². The zero-order valence-corrected chi connectivity index (χ0v) is 7.57. The minimum Gasteiger partial charge on any atom is -0.387 e. The molecule has 1 atom stereocenters. The molecular formula is C7H12N2OS. The van der Waals surface area contributed by atoms with E-state index in [1.807, 2.05) is 13.0 Å². The second-order valence-corrected chi connectivity index (χ2v) is 2.28. The number of hydrogen-bond donors (Lipinski definition) is 1. The maximum Gasteiger partial charge on any atom is 0.0950 e.